The van der Waals surface area contributed by atoms with E-state index in [4.69, 9.17) is 4.74 Å². The zero-order valence-electron chi connectivity index (χ0n) is 10.7. The molecule has 0 aliphatic carbocycles. The van der Waals surface area contributed by atoms with Gasteiger partial charge in [0.15, 0.2) is 0 Å². The highest BCUT2D eigenvalue weighted by atomic mass is 19.1. The van der Waals surface area contributed by atoms with Gasteiger partial charge in [0.25, 0.3) is 0 Å². The molecule has 1 unspecified atom stereocenters. The Balaban J connectivity index is 2.40. The Kier molecular flexibility index (Phi) is 3.81. The summed E-state index contributed by atoms with van der Waals surface area (Å²) in [6, 6.07) is 8.13. The maximum atomic E-state index is 13.1. The topological polar surface area (TPSA) is 29.5 Å². The molecule has 0 aromatic heterocycles. The van der Waals surface area contributed by atoms with E-state index in [2.05, 4.69) is 0 Å². The zero-order chi connectivity index (χ0) is 14.0. The fraction of sp³-hybridized carbons (Fsp3) is 0.200. The van der Waals surface area contributed by atoms with Crippen LogP contribution in [-0.2, 0) is 0 Å². The summed E-state index contributed by atoms with van der Waals surface area (Å²) >= 11 is 0. The van der Waals surface area contributed by atoms with Gasteiger partial charge in [0, 0.05) is 6.07 Å². The van der Waals surface area contributed by atoms with Gasteiger partial charge in [-0.2, -0.15) is 0 Å². The van der Waals surface area contributed by atoms with Crippen LogP contribution >= 0.6 is 0 Å². The van der Waals surface area contributed by atoms with Crippen LogP contribution in [0.25, 0.3) is 0 Å². The Morgan fingerprint density at radius 2 is 1.63 bits per heavy atom. The quantitative estimate of drug-likeness (QED) is 0.921. The highest BCUT2D eigenvalue weighted by molar-refractivity contribution is 5.40. The molecule has 0 amide bonds. The van der Waals surface area contributed by atoms with E-state index in [1.54, 1.807) is 18.2 Å². The molecule has 19 heavy (non-hydrogen) atoms. The minimum Gasteiger partial charge on any atom is -0.496 e. The minimum atomic E-state index is -1.10. The first-order chi connectivity index (χ1) is 9.01. The van der Waals surface area contributed by atoms with E-state index in [0.717, 1.165) is 23.8 Å². The lowest BCUT2D eigenvalue weighted by atomic mass is 10.00. The largest absolute Gasteiger partial charge is 0.496 e. The maximum Gasteiger partial charge on any atom is 0.126 e. The van der Waals surface area contributed by atoms with Gasteiger partial charge in [0.05, 0.1) is 7.11 Å². The van der Waals surface area contributed by atoms with Crippen LogP contribution in [-0.4, -0.2) is 12.2 Å². The zero-order valence-corrected chi connectivity index (χ0v) is 10.7. The minimum absolute atomic E-state index is 0.170. The van der Waals surface area contributed by atoms with Gasteiger partial charge < -0.3 is 9.84 Å². The number of methoxy groups -OCH3 is 1. The molecule has 2 nitrogen and oxygen atoms in total. The third kappa shape index (κ3) is 2.90. The van der Waals surface area contributed by atoms with Crippen LogP contribution < -0.4 is 4.74 Å². The SMILES string of the molecule is COc1cc(C(O)c2cc(F)cc(F)c2)ccc1C. The van der Waals surface area contributed by atoms with Gasteiger partial charge in [-0.3, -0.25) is 0 Å². The molecule has 1 atom stereocenters. The summed E-state index contributed by atoms with van der Waals surface area (Å²) < 4.78 is 31.4. The van der Waals surface area contributed by atoms with Crippen molar-refractivity contribution in [3.63, 3.8) is 0 Å². The first-order valence-electron chi connectivity index (χ1n) is 5.80. The van der Waals surface area contributed by atoms with Crippen molar-refractivity contribution in [3.8, 4) is 5.75 Å². The number of rotatable bonds is 3. The van der Waals surface area contributed by atoms with Gasteiger partial charge in [0.2, 0.25) is 0 Å². The normalized spacial score (nSPS) is 12.3. The Hall–Kier alpha value is -1.94. The monoisotopic (exact) mass is 264 g/mol. The highest BCUT2D eigenvalue weighted by Gasteiger charge is 2.14. The standard InChI is InChI=1S/C15H14F2O2/c1-9-3-4-10(7-14(9)19-2)15(18)11-5-12(16)8-13(17)6-11/h3-8,15,18H,1-2H3. The van der Waals surface area contributed by atoms with Crippen LogP contribution in [0.5, 0.6) is 5.75 Å². The molecule has 0 aliphatic rings. The molecular weight excluding hydrogens is 250 g/mol. The highest BCUT2D eigenvalue weighted by Crippen LogP contribution is 2.28. The number of ether oxygens (including phenoxy) is 1. The van der Waals surface area contributed by atoms with E-state index >= 15 is 0 Å². The van der Waals surface area contributed by atoms with Crippen molar-refractivity contribution in [1.29, 1.82) is 0 Å². The molecule has 1 N–H and O–H groups in total. The van der Waals surface area contributed by atoms with Gasteiger partial charge >= 0.3 is 0 Å². The van der Waals surface area contributed by atoms with E-state index in [-0.39, 0.29) is 5.56 Å². The first-order valence-corrected chi connectivity index (χ1v) is 5.80. The van der Waals surface area contributed by atoms with Gasteiger partial charge in [-0.05, 0) is 41.8 Å². The lowest BCUT2D eigenvalue weighted by Gasteiger charge is -2.14. The number of benzene rings is 2. The van der Waals surface area contributed by atoms with Crippen molar-refractivity contribution in [2.24, 2.45) is 0 Å². The van der Waals surface area contributed by atoms with Crippen molar-refractivity contribution in [2.45, 2.75) is 13.0 Å². The van der Waals surface area contributed by atoms with Gasteiger partial charge in [0.1, 0.15) is 23.5 Å². The van der Waals surface area contributed by atoms with E-state index in [9.17, 15) is 13.9 Å². The second-order valence-electron chi connectivity index (χ2n) is 4.33. The maximum absolute atomic E-state index is 13.1. The van der Waals surface area contributed by atoms with Gasteiger partial charge in [-0.1, -0.05) is 12.1 Å². The summed E-state index contributed by atoms with van der Waals surface area (Å²) in [5.41, 5.74) is 1.61. The third-order valence-corrected chi connectivity index (χ3v) is 2.95. The van der Waals surface area contributed by atoms with Crippen LogP contribution in [0.3, 0.4) is 0 Å². The average molecular weight is 264 g/mol. The molecule has 0 radical (unpaired) electrons. The van der Waals surface area contributed by atoms with Crippen molar-refractivity contribution in [1.82, 2.24) is 0 Å². The number of hydrogen-bond donors (Lipinski definition) is 1. The number of hydrogen-bond acceptors (Lipinski definition) is 2. The number of aryl methyl sites for hydroxylation is 1. The lowest BCUT2D eigenvalue weighted by Crippen LogP contribution is -2.02. The van der Waals surface area contributed by atoms with Crippen LogP contribution in [0.2, 0.25) is 0 Å². The molecule has 0 heterocycles. The predicted molar refractivity (Wildman–Crippen MR) is 68.2 cm³/mol. The molecule has 0 aliphatic heterocycles. The van der Waals surface area contributed by atoms with E-state index < -0.39 is 17.7 Å². The smallest absolute Gasteiger partial charge is 0.126 e. The molecule has 0 spiro atoms. The molecule has 2 aromatic rings. The molecule has 0 saturated carbocycles. The van der Waals surface area contributed by atoms with Gasteiger partial charge in [-0.15, -0.1) is 0 Å². The van der Waals surface area contributed by atoms with E-state index in [0.29, 0.717) is 11.3 Å². The Morgan fingerprint density at radius 3 is 2.21 bits per heavy atom. The molecular formula is C15H14F2O2. The molecule has 2 aromatic carbocycles. The fourth-order valence-corrected chi connectivity index (χ4v) is 1.93. The molecule has 4 heteroatoms. The Bertz CT molecular complexity index is 576. The van der Waals surface area contributed by atoms with Crippen LogP contribution in [0.15, 0.2) is 36.4 Å². The summed E-state index contributed by atoms with van der Waals surface area (Å²) in [6.07, 6.45) is -1.10. The number of aliphatic hydroxyl groups excluding tert-OH is 1. The summed E-state index contributed by atoms with van der Waals surface area (Å²) in [5, 5.41) is 10.2. The Labute approximate surface area is 110 Å². The summed E-state index contributed by atoms with van der Waals surface area (Å²) in [6.45, 7) is 1.87. The summed E-state index contributed by atoms with van der Waals surface area (Å²) in [4.78, 5) is 0. The lowest BCUT2D eigenvalue weighted by molar-refractivity contribution is 0.218. The summed E-state index contributed by atoms with van der Waals surface area (Å²) in [5.74, 6) is -0.810. The molecule has 0 fully saturated rings. The Morgan fingerprint density at radius 1 is 1.00 bits per heavy atom. The number of aliphatic hydroxyl groups is 1. The molecule has 100 valence electrons. The van der Waals surface area contributed by atoms with Crippen molar-refractivity contribution < 1.29 is 18.6 Å². The summed E-state index contributed by atoms with van der Waals surface area (Å²) in [7, 11) is 1.53. The van der Waals surface area contributed by atoms with E-state index in [1.165, 1.54) is 7.11 Å². The van der Waals surface area contributed by atoms with Crippen LogP contribution in [0.4, 0.5) is 8.78 Å². The van der Waals surface area contributed by atoms with Crippen molar-refractivity contribution >= 4 is 0 Å². The second-order valence-corrected chi connectivity index (χ2v) is 4.33. The second kappa shape index (κ2) is 5.36. The number of halogens is 2. The molecule has 0 bridgehead atoms. The predicted octanol–water partition coefficient (Wildman–Crippen LogP) is 3.36. The van der Waals surface area contributed by atoms with Crippen molar-refractivity contribution in [3.05, 3.63) is 64.7 Å². The van der Waals surface area contributed by atoms with Crippen LogP contribution in [0.1, 0.15) is 22.8 Å². The van der Waals surface area contributed by atoms with Crippen LogP contribution in [0, 0.1) is 18.6 Å². The van der Waals surface area contributed by atoms with Gasteiger partial charge in [-0.25, -0.2) is 8.78 Å². The first kappa shape index (κ1) is 13.5. The van der Waals surface area contributed by atoms with E-state index in [1.807, 2.05) is 6.92 Å². The molecule has 0 saturated heterocycles. The van der Waals surface area contributed by atoms with Crippen molar-refractivity contribution in [2.75, 3.05) is 7.11 Å². The fourth-order valence-electron chi connectivity index (χ4n) is 1.93. The third-order valence-electron chi connectivity index (χ3n) is 2.95. The molecule has 2 rings (SSSR count). The average Bonchev–Trinajstić information content (AvgIpc) is 2.37.